The lowest BCUT2D eigenvalue weighted by Gasteiger charge is -2.25. The van der Waals surface area contributed by atoms with Crippen molar-refractivity contribution in [2.45, 2.75) is 19.5 Å². The Balaban J connectivity index is 1.53. The molecule has 0 bridgehead atoms. The number of phenolic OH excluding ortho intramolecular Hbond substituents is 1. The third kappa shape index (κ3) is 3.04. The molecule has 3 aromatic carbocycles. The summed E-state index contributed by atoms with van der Waals surface area (Å²) < 4.78 is 16.8. The van der Waals surface area contributed by atoms with E-state index in [0.717, 1.165) is 11.1 Å². The molecule has 33 heavy (non-hydrogen) atoms. The van der Waals surface area contributed by atoms with E-state index in [2.05, 4.69) is 0 Å². The van der Waals surface area contributed by atoms with E-state index in [-0.39, 0.29) is 41.7 Å². The minimum Gasteiger partial charge on any atom is -0.508 e. The number of hydrogen-bond acceptors (Lipinski definition) is 6. The van der Waals surface area contributed by atoms with Crippen molar-refractivity contribution in [3.05, 3.63) is 98.9 Å². The third-order valence-corrected chi connectivity index (χ3v) is 6.10. The van der Waals surface area contributed by atoms with Crippen molar-refractivity contribution >= 4 is 16.9 Å². The van der Waals surface area contributed by atoms with Crippen LogP contribution in [0.1, 0.15) is 38.9 Å². The van der Waals surface area contributed by atoms with E-state index in [0.29, 0.717) is 28.0 Å². The highest BCUT2D eigenvalue weighted by atomic mass is 16.7. The van der Waals surface area contributed by atoms with E-state index >= 15 is 0 Å². The molecule has 1 aromatic heterocycles. The van der Waals surface area contributed by atoms with Gasteiger partial charge in [0.1, 0.15) is 11.3 Å². The third-order valence-electron chi connectivity index (χ3n) is 6.10. The largest absolute Gasteiger partial charge is 0.508 e. The average molecular weight is 441 g/mol. The van der Waals surface area contributed by atoms with Crippen molar-refractivity contribution in [3.8, 4) is 17.2 Å². The van der Waals surface area contributed by atoms with E-state index in [1.807, 2.05) is 25.1 Å². The van der Waals surface area contributed by atoms with Crippen molar-refractivity contribution in [1.82, 2.24) is 4.90 Å². The van der Waals surface area contributed by atoms with Gasteiger partial charge < -0.3 is 23.9 Å². The minimum atomic E-state index is -0.703. The van der Waals surface area contributed by atoms with Gasteiger partial charge in [0.15, 0.2) is 16.9 Å². The van der Waals surface area contributed by atoms with Crippen LogP contribution in [0, 0.1) is 6.92 Å². The molecule has 0 saturated carbocycles. The van der Waals surface area contributed by atoms with Gasteiger partial charge in [-0.25, -0.2) is 0 Å². The molecule has 7 heteroatoms. The molecule has 0 unspecified atom stereocenters. The lowest BCUT2D eigenvalue weighted by Crippen LogP contribution is -2.29. The molecule has 2 aliphatic heterocycles. The molecule has 7 nitrogen and oxygen atoms in total. The van der Waals surface area contributed by atoms with Crippen molar-refractivity contribution in [2.75, 3.05) is 6.79 Å². The fourth-order valence-electron chi connectivity index (χ4n) is 4.57. The lowest BCUT2D eigenvalue weighted by molar-refractivity contribution is 0.0714. The molecule has 1 N–H and O–H groups in total. The zero-order valence-electron chi connectivity index (χ0n) is 17.7. The molecule has 4 aromatic rings. The first-order valence-corrected chi connectivity index (χ1v) is 10.6. The Hall–Kier alpha value is -4.26. The number of carbonyl (C=O) groups excluding carboxylic acids is 1. The SMILES string of the molecule is Cc1ccc2oc3c(c(=O)c2c1)[C@@H](c1cccc(O)c1)N(Cc1ccc2c(c1)OCO2)C3=O. The second-order valence-corrected chi connectivity index (χ2v) is 8.29. The van der Waals surface area contributed by atoms with Gasteiger partial charge in [-0.3, -0.25) is 9.59 Å². The number of hydrogen-bond donors (Lipinski definition) is 1. The van der Waals surface area contributed by atoms with Crippen molar-refractivity contribution < 1.29 is 23.8 Å². The molecule has 1 amide bonds. The van der Waals surface area contributed by atoms with Crippen LogP contribution in [0.4, 0.5) is 0 Å². The molecule has 0 fully saturated rings. The maximum Gasteiger partial charge on any atom is 0.291 e. The van der Waals surface area contributed by atoms with Crippen molar-refractivity contribution in [1.29, 1.82) is 0 Å². The van der Waals surface area contributed by atoms with E-state index in [1.54, 1.807) is 47.4 Å². The molecule has 6 rings (SSSR count). The molecular formula is C26H19NO6. The summed E-state index contributed by atoms with van der Waals surface area (Å²) in [6, 6.07) is 16.7. The van der Waals surface area contributed by atoms with E-state index < -0.39 is 6.04 Å². The van der Waals surface area contributed by atoms with Crippen LogP contribution in [0.2, 0.25) is 0 Å². The first-order valence-electron chi connectivity index (χ1n) is 10.6. The van der Waals surface area contributed by atoms with Gasteiger partial charge in [0.25, 0.3) is 5.91 Å². The number of aryl methyl sites for hydroxylation is 1. The number of rotatable bonds is 3. The first kappa shape index (κ1) is 19.4. The summed E-state index contributed by atoms with van der Waals surface area (Å²) in [6.45, 7) is 2.27. The monoisotopic (exact) mass is 441 g/mol. The van der Waals surface area contributed by atoms with Crippen molar-refractivity contribution in [2.24, 2.45) is 0 Å². The highest BCUT2D eigenvalue weighted by molar-refractivity contribution is 5.99. The maximum atomic E-state index is 13.6. The quantitative estimate of drug-likeness (QED) is 0.511. The van der Waals surface area contributed by atoms with Crippen LogP contribution in [0.3, 0.4) is 0 Å². The number of nitrogens with zero attached hydrogens (tertiary/aromatic N) is 1. The predicted molar refractivity (Wildman–Crippen MR) is 120 cm³/mol. The average Bonchev–Trinajstić information content (AvgIpc) is 3.37. The second kappa shape index (κ2) is 7.13. The summed E-state index contributed by atoms with van der Waals surface area (Å²) in [4.78, 5) is 28.7. The number of ether oxygens (including phenoxy) is 2. The van der Waals surface area contributed by atoms with Gasteiger partial charge in [-0.15, -0.1) is 0 Å². The van der Waals surface area contributed by atoms with Crippen LogP contribution in [-0.2, 0) is 6.54 Å². The Morgan fingerprint density at radius 1 is 1.00 bits per heavy atom. The second-order valence-electron chi connectivity index (χ2n) is 8.29. The van der Waals surface area contributed by atoms with Gasteiger partial charge in [0.2, 0.25) is 12.6 Å². The molecule has 0 spiro atoms. The molecule has 164 valence electrons. The number of carbonyl (C=O) groups is 1. The van der Waals surface area contributed by atoms with Gasteiger partial charge in [-0.05, 0) is 54.4 Å². The fraction of sp³-hybridized carbons (Fsp3) is 0.154. The normalized spacial score (nSPS) is 16.5. The summed E-state index contributed by atoms with van der Waals surface area (Å²) in [7, 11) is 0. The number of fused-ring (bicyclic) bond motifs is 3. The van der Waals surface area contributed by atoms with Gasteiger partial charge in [0, 0.05) is 6.54 Å². The summed E-state index contributed by atoms with van der Waals surface area (Å²) in [5, 5.41) is 10.5. The first-order chi connectivity index (χ1) is 16.0. The Morgan fingerprint density at radius 2 is 1.85 bits per heavy atom. The van der Waals surface area contributed by atoms with Crippen LogP contribution in [0.15, 0.2) is 69.9 Å². The standard InChI is InChI=1S/C26H19NO6/c1-14-5-7-19-18(9-14)24(29)22-23(16-3-2-4-17(28)11-16)27(26(30)25(22)33-19)12-15-6-8-20-21(10-15)32-13-31-20/h2-11,23,28H,12-13H2,1H3/t23-/m1/s1. The zero-order valence-corrected chi connectivity index (χ0v) is 17.7. The molecule has 1 atom stereocenters. The molecule has 0 radical (unpaired) electrons. The van der Waals surface area contributed by atoms with Gasteiger partial charge in [-0.2, -0.15) is 0 Å². The van der Waals surface area contributed by atoms with Crippen LogP contribution in [-0.4, -0.2) is 22.7 Å². The lowest BCUT2D eigenvalue weighted by atomic mass is 9.97. The highest BCUT2D eigenvalue weighted by Gasteiger charge is 2.43. The van der Waals surface area contributed by atoms with Gasteiger partial charge in [0.05, 0.1) is 17.0 Å². The number of aromatic hydroxyl groups is 1. The topological polar surface area (TPSA) is 89.2 Å². The number of benzene rings is 3. The molecule has 0 aliphatic carbocycles. The van der Waals surface area contributed by atoms with Gasteiger partial charge >= 0.3 is 0 Å². The maximum absolute atomic E-state index is 13.6. The van der Waals surface area contributed by atoms with Crippen molar-refractivity contribution in [3.63, 3.8) is 0 Å². The molecule has 3 heterocycles. The highest BCUT2D eigenvalue weighted by Crippen LogP contribution is 2.41. The summed E-state index contributed by atoms with van der Waals surface area (Å²) in [5.74, 6) is 0.970. The fourth-order valence-corrected chi connectivity index (χ4v) is 4.57. The van der Waals surface area contributed by atoms with Crippen LogP contribution in [0.5, 0.6) is 17.2 Å². The number of amides is 1. The van der Waals surface area contributed by atoms with Crippen LogP contribution in [0.25, 0.3) is 11.0 Å². The molecule has 2 aliphatic rings. The number of phenols is 1. The van der Waals surface area contributed by atoms with Gasteiger partial charge in [-0.1, -0.05) is 29.8 Å². The van der Waals surface area contributed by atoms with E-state index in [4.69, 9.17) is 13.9 Å². The Kier molecular flexibility index (Phi) is 4.20. The Bertz CT molecular complexity index is 1500. The predicted octanol–water partition coefficient (Wildman–Crippen LogP) is 4.28. The minimum absolute atomic E-state index is 0.0328. The van der Waals surface area contributed by atoms with E-state index in [9.17, 15) is 14.7 Å². The zero-order chi connectivity index (χ0) is 22.7. The summed E-state index contributed by atoms with van der Waals surface area (Å²) in [6.07, 6.45) is 0. The summed E-state index contributed by atoms with van der Waals surface area (Å²) in [5.41, 5.74) is 2.78. The smallest absolute Gasteiger partial charge is 0.291 e. The Morgan fingerprint density at radius 3 is 2.70 bits per heavy atom. The van der Waals surface area contributed by atoms with E-state index in [1.165, 1.54) is 0 Å². The molecular weight excluding hydrogens is 422 g/mol. The molecule has 0 saturated heterocycles. The summed E-state index contributed by atoms with van der Waals surface area (Å²) >= 11 is 0. The van der Waals surface area contributed by atoms with Crippen LogP contribution < -0.4 is 14.9 Å². The van der Waals surface area contributed by atoms with Crippen LogP contribution >= 0.6 is 0 Å². The Labute approximate surface area is 188 Å².